The van der Waals surface area contributed by atoms with Crippen molar-refractivity contribution < 1.29 is 19.1 Å². The molecule has 0 radical (unpaired) electrons. The van der Waals surface area contributed by atoms with Crippen molar-refractivity contribution in [3.8, 4) is 5.75 Å². The predicted octanol–water partition coefficient (Wildman–Crippen LogP) is 7.29. The molecule has 1 aliphatic heterocycles. The van der Waals surface area contributed by atoms with Crippen molar-refractivity contribution in [1.29, 1.82) is 0 Å². The Bertz CT molecular complexity index is 1480. The predicted molar refractivity (Wildman–Crippen MR) is 162 cm³/mol. The molecule has 0 unspecified atom stereocenters. The third kappa shape index (κ3) is 5.72. The summed E-state index contributed by atoms with van der Waals surface area (Å²) in [5, 5.41) is 3.41. The van der Waals surface area contributed by atoms with E-state index in [1.807, 2.05) is 39.1 Å². The van der Waals surface area contributed by atoms with Crippen molar-refractivity contribution >= 4 is 34.8 Å². The standard InChI is InChI=1S/C34H39ClN2O4/c1-19-8-9-20(2)23(12-19)36-29(40)18-41-28-11-10-21(35)13-22(28)30-31-24(14-33(3,4)16-26(31)38)37(7)25-15-34(5,6)17-27(39)32(25)30/h8-13,30H,14-18H2,1-7H3,(H,36,40). The van der Waals surface area contributed by atoms with Crippen molar-refractivity contribution in [2.45, 2.75) is 73.1 Å². The molecule has 0 saturated carbocycles. The van der Waals surface area contributed by atoms with Crippen LogP contribution in [0.2, 0.25) is 5.02 Å². The number of carbonyl (C=O) groups excluding carboxylic acids is 3. The van der Waals surface area contributed by atoms with Gasteiger partial charge in [0.1, 0.15) is 5.75 Å². The van der Waals surface area contributed by atoms with Gasteiger partial charge in [0.25, 0.3) is 5.91 Å². The normalized spacial score (nSPS) is 20.1. The lowest BCUT2D eigenvalue weighted by Crippen LogP contribution is -2.43. The van der Waals surface area contributed by atoms with Crippen LogP contribution in [0.1, 0.15) is 76.0 Å². The summed E-state index contributed by atoms with van der Waals surface area (Å²) in [4.78, 5) is 42.8. The number of ether oxygens (including phenoxy) is 1. The molecular weight excluding hydrogens is 536 g/mol. The second-order valence-electron chi connectivity index (χ2n) is 13.4. The van der Waals surface area contributed by atoms with Crippen LogP contribution in [0.15, 0.2) is 58.9 Å². The first-order valence-corrected chi connectivity index (χ1v) is 14.6. The highest BCUT2D eigenvalue weighted by atomic mass is 35.5. The van der Waals surface area contributed by atoms with Gasteiger partial charge in [0.2, 0.25) is 0 Å². The lowest BCUT2D eigenvalue weighted by Gasteiger charge is -2.48. The van der Waals surface area contributed by atoms with Crippen LogP contribution in [-0.4, -0.2) is 36.0 Å². The van der Waals surface area contributed by atoms with E-state index in [0.717, 1.165) is 41.1 Å². The van der Waals surface area contributed by atoms with E-state index in [9.17, 15) is 14.4 Å². The first kappa shape index (κ1) is 29.1. The van der Waals surface area contributed by atoms with Crippen LogP contribution < -0.4 is 10.1 Å². The van der Waals surface area contributed by atoms with Gasteiger partial charge < -0.3 is 15.0 Å². The summed E-state index contributed by atoms with van der Waals surface area (Å²) in [5.74, 6) is -0.381. The summed E-state index contributed by atoms with van der Waals surface area (Å²) in [6.07, 6.45) is 2.24. The molecule has 1 N–H and O–H groups in total. The maximum absolute atomic E-state index is 13.9. The van der Waals surface area contributed by atoms with E-state index in [-0.39, 0.29) is 34.9 Å². The molecule has 2 aliphatic carbocycles. The summed E-state index contributed by atoms with van der Waals surface area (Å²) in [6.45, 7) is 12.1. The summed E-state index contributed by atoms with van der Waals surface area (Å²) in [7, 11) is 1.98. The van der Waals surface area contributed by atoms with E-state index < -0.39 is 5.92 Å². The van der Waals surface area contributed by atoms with Crippen LogP contribution in [0.5, 0.6) is 5.75 Å². The zero-order valence-corrected chi connectivity index (χ0v) is 25.8. The molecule has 2 aromatic carbocycles. The van der Waals surface area contributed by atoms with Crippen molar-refractivity contribution in [2.75, 3.05) is 19.0 Å². The molecule has 41 heavy (non-hydrogen) atoms. The number of halogens is 1. The van der Waals surface area contributed by atoms with E-state index in [1.54, 1.807) is 18.2 Å². The highest BCUT2D eigenvalue weighted by Gasteiger charge is 2.48. The zero-order chi connectivity index (χ0) is 29.9. The summed E-state index contributed by atoms with van der Waals surface area (Å²) in [5.41, 5.74) is 6.20. The number of hydrogen-bond donors (Lipinski definition) is 1. The minimum Gasteiger partial charge on any atom is -0.483 e. The maximum atomic E-state index is 13.9. The highest BCUT2D eigenvalue weighted by molar-refractivity contribution is 6.30. The number of amides is 1. The second-order valence-corrected chi connectivity index (χ2v) is 13.9. The molecule has 0 atom stereocenters. The molecule has 0 saturated heterocycles. The number of ketones is 2. The Labute approximate surface area is 247 Å². The van der Waals surface area contributed by atoms with E-state index in [1.165, 1.54) is 0 Å². The third-order valence-corrected chi connectivity index (χ3v) is 8.72. The number of nitrogens with one attached hydrogen (secondary N) is 1. The topological polar surface area (TPSA) is 75.7 Å². The maximum Gasteiger partial charge on any atom is 0.262 e. The zero-order valence-electron chi connectivity index (χ0n) is 25.0. The molecule has 6 nitrogen and oxygen atoms in total. The van der Waals surface area contributed by atoms with Gasteiger partial charge in [-0.1, -0.05) is 51.4 Å². The van der Waals surface area contributed by atoms with Crippen molar-refractivity contribution in [3.63, 3.8) is 0 Å². The number of allylic oxidation sites excluding steroid dienone is 4. The molecule has 1 amide bonds. The van der Waals surface area contributed by atoms with Gasteiger partial charge in [-0.2, -0.15) is 0 Å². The lowest BCUT2D eigenvalue weighted by atomic mass is 9.63. The first-order valence-electron chi connectivity index (χ1n) is 14.2. The van der Waals surface area contributed by atoms with Gasteiger partial charge in [-0.15, -0.1) is 0 Å². The number of hydrogen-bond acceptors (Lipinski definition) is 5. The lowest BCUT2D eigenvalue weighted by molar-refractivity contribution is -0.120. The Balaban J connectivity index is 1.57. The number of carbonyl (C=O) groups is 3. The van der Waals surface area contributed by atoms with Gasteiger partial charge in [0.05, 0.1) is 0 Å². The minimum absolute atomic E-state index is 0.0378. The molecule has 0 bridgehead atoms. The fourth-order valence-electron chi connectivity index (χ4n) is 6.55. The largest absolute Gasteiger partial charge is 0.483 e. The average molecular weight is 575 g/mol. The number of Topliss-reactive ketones (excluding diaryl/α,β-unsaturated/α-hetero) is 2. The van der Waals surface area contributed by atoms with Crippen LogP contribution in [0.4, 0.5) is 5.69 Å². The van der Waals surface area contributed by atoms with E-state index in [0.29, 0.717) is 40.3 Å². The van der Waals surface area contributed by atoms with Gasteiger partial charge in [-0.3, -0.25) is 14.4 Å². The minimum atomic E-state index is -0.598. The van der Waals surface area contributed by atoms with Gasteiger partial charge in [0.15, 0.2) is 18.2 Å². The van der Waals surface area contributed by atoms with E-state index in [2.05, 4.69) is 37.9 Å². The van der Waals surface area contributed by atoms with Crippen LogP contribution in [0, 0.1) is 24.7 Å². The molecule has 1 heterocycles. The average Bonchev–Trinajstić information content (AvgIpc) is 2.85. The Kier molecular flexibility index (Phi) is 7.44. The third-order valence-electron chi connectivity index (χ3n) is 8.49. The highest BCUT2D eigenvalue weighted by Crippen LogP contribution is 2.55. The quantitative estimate of drug-likeness (QED) is 0.406. The van der Waals surface area contributed by atoms with Crippen LogP contribution >= 0.6 is 11.6 Å². The van der Waals surface area contributed by atoms with Crippen molar-refractivity contribution in [3.05, 3.63) is 80.7 Å². The number of anilines is 1. The van der Waals surface area contributed by atoms with Gasteiger partial charge in [-0.05, 0) is 72.9 Å². The molecule has 0 aromatic heterocycles. The second kappa shape index (κ2) is 10.5. The van der Waals surface area contributed by atoms with Crippen LogP contribution in [0.3, 0.4) is 0 Å². The molecule has 3 aliphatic rings. The summed E-state index contributed by atoms with van der Waals surface area (Å²) < 4.78 is 6.14. The van der Waals surface area contributed by atoms with E-state index in [4.69, 9.17) is 16.3 Å². The Morgan fingerprint density at radius 1 is 0.927 bits per heavy atom. The first-order chi connectivity index (χ1) is 19.2. The fraction of sp³-hybridized carbons (Fsp3) is 0.441. The fourth-order valence-corrected chi connectivity index (χ4v) is 6.73. The van der Waals surface area contributed by atoms with Crippen LogP contribution in [-0.2, 0) is 14.4 Å². The molecule has 0 fully saturated rings. The molecule has 216 valence electrons. The van der Waals surface area contributed by atoms with Gasteiger partial charge in [0, 0.05) is 64.6 Å². The molecule has 2 aromatic rings. The Morgan fingerprint density at radius 3 is 2.10 bits per heavy atom. The number of rotatable bonds is 5. The van der Waals surface area contributed by atoms with Crippen LogP contribution in [0.25, 0.3) is 0 Å². The summed E-state index contributed by atoms with van der Waals surface area (Å²) >= 11 is 6.53. The molecular formula is C34H39ClN2O4. The number of nitrogens with zero attached hydrogens (tertiary/aromatic N) is 1. The molecule has 7 heteroatoms. The van der Waals surface area contributed by atoms with Gasteiger partial charge in [-0.25, -0.2) is 0 Å². The summed E-state index contributed by atoms with van der Waals surface area (Å²) in [6, 6.07) is 11.1. The van der Waals surface area contributed by atoms with Crippen molar-refractivity contribution in [1.82, 2.24) is 4.90 Å². The SMILES string of the molecule is Cc1ccc(C)c(NC(=O)COc2ccc(Cl)cc2C2C3=C(CC(C)(C)CC3=O)N(C)C3=C2C(=O)CC(C)(C)C3)c1. The number of benzene rings is 2. The van der Waals surface area contributed by atoms with Crippen molar-refractivity contribution in [2.24, 2.45) is 10.8 Å². The Morgan fingerprint density at radius 2 is 1.51 bits per heavy atom. The molecule has 0 spiro atoms. The number of aryl methyl sites for hydroxylation is 2. The van der Waals surface area contributed by atoms with E-state index >= 15 is 0 Å². The van der Waals surface area contributed by atoms with Gasteiger partial charge >= 0.3 is 0 Å². The monoisotopic (exact) mass is 574 g/mol. The molecule has 5 rings (SSSR count). The smallest absolute Gasteiger partial charge is 0.262 e. The Hall–Kier alpha value is -3.38.